The number of piperazine rings is 1. The van der Waals surface area contributed by atoms with E-state index in [2.05, 4.69) is 31.0 Å². The molecule has 0 spiro atoms. The average molecular weight is 355 g/mol. The van der Waals surface area contributed by atoms with Crippen LogP contribution in [0.4, 0.5) is 10.2 Å². The summed E-state index contributed by atoms with van der Waals surface area (Å²) in [5, 5.41) is 4.00. The minimum atomic E-state index is -0.287. The van der Waals surface area contributed by atoms with Gasteiger partial charge in [-0.3, -0.25) is 4.90 Å². The Morgan fingerprint density at radius 2 is 2.05 bits per heavy atom. The summed E-state index contributed by atoms with van der Waals surface area (Å²) in [5.74, 6) is 0.963. The Morgan fingerprint density at radius 1 is 1.29 bits per heavy atom. The molecule has 7 heteroatoms. The van der Waals surface area contributed by atoms with E-state index in [0.717, 1.165) is 44.2 Å². The highest BCUT2D eigenvalue weighted by molar-refractivity contribution is 9.10. The number of aryl methyl sites for hydroxylation is 1. The fourth-order valence-electron chi connectivity index (χ4n) is 2.48. The molecule has 1 aliphatic rings. The number of rotatable bonds is 3. The van der Waals surface area contributed by atoms with Crippen LogP contribution in [0.3, 0.4) is 0 Å². The van der Waals surface area contributed by atoms with Gasteiger partial charge < -0.3 is 9.42 Å². The smallest absolute Gasteiger partial charge is 0.166 e. The van der Waals surface area contributed by atoms with Gasteiger partial charge in [-0.1, -0.05) is 5.16 Å². The lowest BCUT2D eigenvalue weighted by Crippen LogP contribution is -2.46. The molecule has 2 aromatic heterocycles. The van der Waals surface area contributed by atoms with Gasteiger partial charge in [0, 0.05) is 49.5 Å². The molecule has 0 saturated carbocycles. The van der Waals surface area contributed by atoms with Crippen LogP contribution in [-0.2, 0) is 6.54 Å². The molecule has 1 saturated heterocycles. The van der Waals surface area contributed by atoms with Crippen LogP contribution in [0.15, 0.2) is 27.3 Å². The predicted octanol–water partition coefficient (Wildman–Crippen LogP) is 2.60. The van der Waals surface area contributed by atoms with Gasteiger partial charge in [0.1, 0.15) is 5.76 Å². The topological polar surface area (TPSA) is 45.4 Å². The second-order valence-corrected chi connectivity index (χ2v) is 6.07. The van der Waals surface area contributed by atoms with Gasteiger partial charge in [0.05, 0.1) is 5.69 Å². The molecule has 2 aromatic rings. The van der Waals surface area contributed by atoms with Crippen LogP contribution in [0, 0.1) is 12.7 Å². The molecule has 0 radical (unpaired) electrons. The molecule has 21 heavy (non-hydrogen) atoms. The summed E-state index contributed by atoms with van der Waals surface area (Å²) in [6.07, 6.45) is 1.63. The van der Waals surface area contributed by atoms with Gasteiger partial charge in [-0.05, 0) is 28.9 Å². The number of hydrogen-bond donors (Lipinski definition) is 0. The first kappa shape index (κ1) is 14.5. The average Bonchev–Trinajstić information content (AvgIpc) is 2.85. The third-order valence-electron chi connectivity index (χ3n) is 3.52. The highest BCUT2D eigenvalue weighted by atomic mass is 79.9. The molecule has 3 rings (SSSR count). The molecule has 0 bridgehead atoms. The van der Waals surface area contributed by atoms with Crippen LogP contribution in [0.1, 0.15) is 11.5 Å². The minimum absolute atomic E-state index is 0.287. The zero-order valence-corrected chi connectivity index (χ0v) is 13.3. The van der Waals surface area contributed by atoms with Gasteiger partial charge in [0.25, 0.3) is 0 Å². The molecule has 0 aliphatic carbocycles. The summed E-state index contributed by atoms with van der Waals surface area (Å²) in [6.45, 7) is 5.86. The zero-order valence-electron chi connectivity index (χ0n) is 11.7. The maximum absolute atomic E-state index is 13.9. The van der Waals surface area contributed by atoms with Gasteiger partial charge in [0.2, 0.25) is 0 Å². The van der Waals surface area contributed by atoms with Gasteiger partial charge in [-0.15, -0.1) is 0 Å². The third-order valence-corrected chi connectivity index (χ3v) is 3.96. The summed E-state index contributed by atoms with van der Waals surface area (Å²) < 4.78 is 19.6. The molecule has 112 valence electrons. The fraction of sp³-hybridized carbons (Fsp3) is 0.429. The van der Waals surface area contributed by atoms with E-state index in [0.29, 0.717) is 10.3 Å². The molecule has 0 unspecified atom stereocenters. The van der Waals surface area contributed by atoms with Crippen molar-refractivity contribution < 1.29 is 8.91 Å². The molecule has 0 aromatic carbocycles. The number of nitrogens with zero attached hydrogens (tertiary/aromatic N) is 4. The van der Waals surface area contributed by atoms with Crippen LogP contribution in [0.2, 0.25) is 0 Å². The van der Waals surface area contributed by atoms with Crippen LogP contribution < -0.4 is 4.90 Å². The van der Waals surface area contributed by atoms with Crippen molar-refractivity contribution in [3.8, 4) is 0 Å². The zero-order chi connectivity index (χ0) is 14.8. The lowest BCUT2D eigenvalue weighted by Gasteiger charge is -2.35. The lowest BCUT2D eigenvalue weighted by molar-refractivity contribution is 0.240. The second kappa shape index (κ2) is 6.11. The van der Waals surface area contributed by atoms with E-state index < -0.39 is 0 Å². The summed E-state index contributed by atoms with van der Waals surface area (Å²) >= 11 is 3.22. The molecule has 0 N–H and O–H groups in total. The quantitative estimate of drug-likeness (QED) is 0.847. The summed E-state index contributed by atoms with van der Waals surface area (Å²) in [4.78, 5) is 8.43. The monoisotopic (exact) mass is 354 g/mol. The predicted molar refractivity (Wildman–Crippen MR) is 80.6 cm³/mol. The summed E-state index contributed by atoms with van der Waals surface area (Å²) in [6, 6.07) is 3.40. The van der Waals surface area contributed by atoms with Crippen LogP contribution >= 0.6 is 15.9 Å². The van der Waals surface area contributed by atoms with E-state index in [1.54, 1.807) is 6.20 Å². The standard InChI is InChI=1S/C14H16BrFN4O/c1-10-6-12(18-21-10)9-19-2-4-20(5-3-19)14-13(16)7-11(15)8-17-14/h6-8H,2-5,9H2,1H3. The molecule has 0 amide bonds. The maximum atomic E-state index is 13.9. The fourth-order valence-corrected chi connectivity index (χ4v) is 2.78. The molecular weight excluding hydrogens is 339 g/mol. The SMILES string of the molecule is Cc1cc(CN2CCN(c3ncc(Br)cc3F)CC2)no1. The Bertz CT molecular complexity index is 625. The summed E-state index contributed by atoms with van der Waals surface area (Å²) in [5.41, 5.74) is 0.939. The van der Waals surface area contributed by atoms with Crippen molar-refractivity contribution in [3.05, 3.63) is 40.1 Å². The van der Waals surface area contributed by atoms with Crippen LogP contribution in [-0.4, -0.2) is 41.2 Å². The molecule has 0 atom stereocenters. The van der Waals surface area contributed by atoms with Crippen molar-refractivity contribution in [3.63, 3.8) is 0 Å². The first-order chi connectivity index (χ1) is 10.1. The van der Waals surface area contributed by atoms with E-state index >= 15 is 0 Å². The summed E-state index contributed by atoms with van der Waals surface area (Å²) in [7, 11) is 0. The van der Waals surface area contributed by atoms with Crippen molar-refractivity contribution in [1.82, 2.24) is 15.0 Å². The van der Waals surface area contributed by atoms with E-state index in [-0.39, 0.29) is 5.82 Å². The number of pyridine rings is 1. The molecule has 3 heterocycles. The number of hydrogen-bond acceptors (Lipinski definition) is 5. The van der Waals surface area contributed by atoms with Crippen molar-refractivity contribution in [2.75, 3.05) is 31.1 Å². The van der Waals surface area contributed by atoms with Gasteiger partial charge in [-0.25, -0.2) is 9.37 Å². The second-order valence-electron chi connectivity index (χ2n) is 5.15. The van der Waals surface area contributed by atoms with Crippen molar-refractivity contribution in [1.29, 1.82) is 0 Å². The Balaban J connectivity index is 1.59. The molecular formula is C14H16BrFN4O. The Hall–Kier alpha value is -1.47. The van der Waals surface area contributed by atoms with Crippen LogP contribution in [0.25, 0.3) is 0 Å². The Kier molecular flexibility index (Phi) is 4.21. The largest absolute Gasteiger partial charge is 0.361 e. The highest BCUT2D eigenvalue weighted by Crippen LogP contribution is 2.21. The highest BCUT2D eigenvalue weighted by Gasteiger charge is 2.21. The molecule has 1 aliphatic heterocycles. The molecule has 1 fully saturated rings. The minimum Gasteiger partial charge on any atom is -0.361 e. The maximum Gasteiger partial charge on any atom is 0.166 e. The van der Waals surface area contributed by atoms with E-state index in [1.807, 2.05) is 17.9 Å². The number of aromatic nitrogens is 2. The van der Waals surface area contributed by atoms with Crippen molar-refractivity contribution >= 4 is 21.7 Å². The normalized spacial score (nSPS) is 16.4. The van der Waals surface area contributed by atoms with Crippen molar-refractivity contribution in [2.45, 2.75) is 13.5 Å². The van der Waals surface area contributed by atoms with Gasteiger partial charge in [0.15, 0.2) is 11.6 Å². The molecule has 5 nitrogen and oxygen atoms in total. The van der Waals surface area contributed by atoms with Gasteiger partial charge in [-0.2, -0.15) is 0 Å². The van der Waals surface area contributed by atoms with Crippen molar-refractivity contribution in [2.24, 2.45) is 0 Å². The lowest BCUT2D eigenvalue weighted by atomic mass is 10.2. The first-order valence-corrected chi connectivity index (χ1v) is 7.61. The Labute approximate surface area is 130 Å². The van der Waals surface area contributed by atoms with E-state index in [4.69, 9.17) is 4.52 Å². The third kappa shape index (κ3) is 3.41. The van der Waals surface area contributed by atoms with E-state index in [1.165, 1.54) is 6.07 Å². The number of anilines is 1. The Morgan fingerprint density at radius 3 is 2.67 bits per heavy atom. The first-order valence-electron chi connectivity index (χ1n) is 6.82. The van der Waals surface area contributed by atoms with Crippen LogP contribution in [0.5, 0.6) is 0 Å². The number of halogens is 2. The van der Waals surface area contributed by atoms with E-state index in [9.17, 15) is 4.39 Å². The van der Waals surface area contributed by atoms with Gasteiger partial charge >= 0.3 is 0 Å².